The van der Waals surface area contributed by atoms with Crippen molar-refractivity contribution in [1.29, 1.82) is 0 Å². The minimum atomic E-state index is 0.173. The molecule has 8 heteroatoms. The highest BCUT2D eigenvalue weighted by atomic mass is 16.5. The monoisotopic (exact) mass is 352 g/mol. The molecule has 144 valence electrons. The van der Waals surface area contributed by atoms with E-state index >= 15 is 0 Å². The lowest BCUT2D eigenvalue weighted by atomic mass is 10.4. The summed E-state index contributed by atoms with van der Waals surface area (Å²) in [5, 5.41) is 18.3. The number of ether oxygens (including phenoxy) is 4. The van der Waals surface area contributed by atoms with Crippen LogP contribution in [0.5, 0.6) is 0 Å². The van der Waals surface area contributed by atoms with E-state index in [2.05, 4.69) is 0 Å². The molecule has 0 saturated carbocycles. The predicted molar refractivity (Wildman–Crippen MR) is 88.6 cm³/mol. The van der Waals surface area contributed by atoms with Crippen molar-refractivity contribution in [2.24, 2.45) is 0 Å². The lowest BCUT2D eigenvalue weighted by Crippen LogP contribution is -3.14. The van der Waals surface area contributed by atoms with Gasteiger partial charge in [-0.25, -0.2) is 0 Å². The molecule has 8 nitrogen and oxygen atoms in total. The van der Waals surface area contributed by atoms with Gasteiger partial charge in [-0.2, -0.15) is 0 Å². The van der Waals surface area contributed by atoms with Crippen molar-refractivity contribution in [3.63, 3.8) is 0 Å². The van der Waals surface area contributed by atoms with Gasteiger partial charge in [0.25, 0.3) is 0 Å². The van der Waals surface area contributed by atoms with Gasteiger partial charge >= 0.3 is 0 Å². The fourth-order valence-corrected chi connectivity index (χ4v) is 2.58. The molecule has 1 aliphatic rings. The lowest BCUT2D eigenvalue weighted by Gasteiger charge is -2.20. The van der Waals surface area contributed by atoms with Crippen molar-refractivity contribution < 1.29 is 39.0 Å². The quantitative estimate of drug-likeness (QED) is 0.411. The second-order valence-corrected chi connectivity index (χ2v) is 5.90. The minimum absolute atomic E-state index is 0.173. The van der Waals surface area contributed by atoms with E-state index in [0.717, 1.165) is 26.2 Å². The van der Waals surface area contributed by atoms with Gasteiger partial charge in [-0.15, -0.1) is 0 Å². The third kappa shape index (κ3) is 12.1. The highest BCUT2D eigenvalue weighted by Gasteiger charge is 2.10. The van der Waals surface area contributed by atoms with Crippen LogP contribution in [0.1, 0.15) is 0 Å². The maximum atomic E-state index is 9.15. The molecule has 0 aromatic carbocycles. The van der Waals surface area contributed by atoms with Crippen molar-refractivity contribution >= 4 is 0 Å². The predicted octanol–water partition coefficient (Wildman–Crippen LogP) is -4.18. The number of aliphatic hydroxyl groups excluding tert-OH is 2. The number of hydrogen-bond acceptors (Lipinski definition) is 6. The van der Waals surface area contributed by atoms with Crippen LogP contribution in [0, 0.1) is 0 Å². The zero-order valence-corrected chi connectivity index (χ0v) is 14.8. The molecular weight excluding hydrogens is 316 g/mol. The minimum Gasteiger partial charge on any atom is -0.391 e. The molecule has 0 aromatic rings. The fourth-order valence-electron chi connectivity index (χ4n) is 2.58. The summed E-state index contributed by atoms with van der Waals surface area (Å²) in [5.41, 5.74) is 0. The molecule has 1 heterocycles. The van der Waals surface area contributed by atoms with E-state index in [1.165, 1.54) is 9.80 Å². The zero-order chi connectivity index (χ0) is 17.3. The van der Waals surface area contributed by atoms with E-state index in [9.17, 15) is 0 Å². The summed E-state index contributed by atoms with van der Waals surface area (Å²) < 4.78 is 22.3. The fraction of sp³-hybridized carbons (Fsp3) is 1.00. The standard InChI is InChI=1S/C16H34N2O6/c19-7-1-17-3-9-21-10-4-18(2-8-20)6-12-23-14-16-24-15-13-22-11-5-17/h19-20H,1-16H2/p+2. The molecule has 1 saturated heterocycles. The lowest BCUT2D eigenvalue weighted by molar-refractivity contribution is -0.904. The smallest absolute Gasteiger partial charge is 0.101 e. The normalized spacial score (nSPS) is 27.2. The van der Waals surface area contributed by atoms with Gasteiger partial charge in [0.2, 0.25) is 0 Å². The van der Waals surface area contributed by atoms with Crippen LogP contribution in [0.2, 0.25) is 0 Å². The van der Waals surface area contributed by atoms with Crippen LogP contribution in [0.15, 0.2) is 0 Å². The highest BCUT2D eigenvalue weighted by molar-refractivity contribution is 4.39. The Labute approximate surface area is 145 Å². The number of hydrogen-bond donors (Lipinski definition) is 4. The maximum Gasteiger partial charge on any atom is 0.101 e. The van der Waals surface area contributed by atoms with Crippen molar-refractivity contribution in [3.8, 4) is 0 Å². The molecule has 4 N–H and O–H groups in total. The molecular formula is C16H36N2O6+2. The van der Waals surface area contributed by atoms with Gasteiger partial charge in [-0.3, -0.25) is 0 Å². The van der Waals surface area contributed by atoms with E-state index < -0.39 is 0 Å². The van der Waals surface area contributed by atoms with E-state index in [1.54, 1.807) is 0 Å². The number of rotatable bonds is 4. The van der Waals surface area contributed by atoms with Crippen LogP contribution in [-0.4, -0.2) is 116 Å². The molecule has 1 rings (SSSR count). The van der Waals surface area contributed by atoms with Crippen LogP contribution < -0.4 is 9.80 Å². The Hall–Kier alpha value is -0.320. The first-order chi connectivity index (χ1) is 11.9. The molecule has 2 atom stereocenters. The first kappa shape index (κ1) is 21.7. The zero-order valence-electron chi connectivity index (χ0n) is 14.8. The van der Waals surface area contributed by atoms with Crippen LogP contribution in [0.25, 0.3) is 0 Å². The molecule has 0 aliphatic carbocycles. The SMILES string of the molecule is OCC[NH+]1CCOCCOCCOCC[NH+](CCO)CCOCC1. The number of nitrogens with one attached hydrogen (secondary N) is 2. The molecule has 24 heavy (non-hydrogen) atoms. The van der Waals surface area contributed by atoms with Gasteiger partial charge in [0.05, 0.1) is 66.1 Å². The molecule has 2 unspecified atom stereocenters. The molecule has 0 aromatic heterocycles. The summed E-state index contributed by atoms with van der Waals surface area (Å²) in [7, 11) is 0. The Morgan fingerprint density at radius 3 is 1.12 bits per heavy atom. The van der Waals surface area contributed by atoms with E-state index in [4.69, 9.17) is 29.2 Å². The van der Waals surface area contributed by atoms with Crippen molar-refractivity contribution in [1.82, 2.24) is 0 Å². The van der Waals surface area contributed by atoms with Gasteiger partial charge in [-0.05, 0) is 0 Å². The average Bonchev–Trinajstić information content (AvgIpc) is 2.58. The van der Waals surface area contributed by atoms with Gasteiger partial charge in [-0.1, -0.05) is 0 Å². The van der Waals surface area contributed by atoms with Crippen LogP contribution in [0.4, 0.5) is 0 Å². The van der Waals surface area contributed by atoms with Crippen molar-refractivity contribution in [2.45, 2.75) is 0 Å². The summed E-state index contributed by atoms with van der Waals surface area (Å²) in [4.78, 5) is 2.57. The Kier molecular flexibility index (Phi) is 14.6. The molecule has 0 bridgehead atoms. The van der Waals surface area contributed by atoms with Gasteiger partial charge < -0.3 is 39.0 Å². The second-order valence-electron chi connectivity index (χ2n) is 5.90. The third-order valence-electron chi connectivity index (χ3n) is 4.07. The van der Waals surface area contributed by atoms with Gasteiger partial charge in [0, 0.05) is 0 Å². The summed E-state index contributed by atoms with van der Waals surface area (Å²) in [6, 6.07) is 0. The Morgan fingerprint density at radius 2 is 0.792 bits per heavy atom. The molecule has 1 aliphatic heterocycles. The topological polar surface area (TPSA) is 86.3 Å². The number of aliphatic hydroxyl groups is 2. The molecule has 0 amide bonds. The van der Waals surface area contributed by atoms with Crippen LogP contribution in [-0.2, 0) is 18.9 Å². The third-order valence-corrected chi connectivity index (χ3v) is 4.07. The Bertz CT molecular complexity index is 249. The highest BCUT2D eigenvalue weighted by Crippen LogP contribution is 1.81. The Morgan fingerprint density at radius 1 is 0.500 bits per heavy atom. The van der Waals surface area contributed by atoms with Crippen molar-refractivity contribution in [2.75, 3.05) is 105 Å². The summed E-state index contributed by atoms with van der Waals surface area (Å²) >= 11 is 0. The van der Waals surface area contributed by atoms with Crippen molar-refractivity contribution in [3.05, 3.63) is 0 Å². The van der Waals surface area contributed by atoms with E-state index in [1.807, 2.05) is 0 Å². The Balaban J connectivity index is 2.33. The molecule has 0 radical (unpaired) electrons. The van der Waals surface area contributed by atoms with E-state index in [-0.39, 0.29) is 13.2 Å². The van der Waals surface area contributed by atoms with Crippen LogP contribution in [0.3, 0.4) is 0 Å². The van der Waals surface area contributed by atoms with E-state index in [0.29, 0.717) is 65.9 Å². The summed E-state index contributed by atoms with van der Waals surface area (Å²) in [6.45, 7) is 10.2. The molecule has 0 spiro atoms. The summed E-state index contributed by atoms with van der Waals surface area (Å²) in [6.07, 6.45) is 0. The maximum absolute atomic E-state index is 9.15. The first-order valence-corrected chi connectivity index (χ1v) is 9.06. The molecule has 1 fully saturated rings. The average molecular weight is 352 g/mol. The summed E-state index contributed by atoms with van der Waals surface area (Å²) in [5.74, 6) is 0. The first-order valence-electron chi connectivity index (χ1n) is 9.06. The largest absolute Gasteiger partial charge is 0.391 e. The second kappa shape index (κ2) is 16.2. The number of quaternary nitrogens is 2. The van der Waals surface area contributed by atoms with Gasteiger partial charge in [0.1, 0.15) is 39.3 Å². The van der Waals surface area contributed by atoms with Gasteiger partial charge in [0.15, 0.2) is 0 Å². The van der Waals surface area contributed by atoms with Crippen LogP contribution >= 0.6 is 0 Å².